The van der Waals surface area contributed by atoms with Crippen molar-refractivity contribution in [3.63, 3.8) is 0 Å². The number of carbonyl (C=O) groups excluding carboxylic acids is 3. The molecule has 0 atom stereocenters. The van der Waals surface area contributed by atoms with E-state index in [0.29, 0.717) is 61.6 Å². The highest BCUT2D eigenvalue weighted by Gasteiger charge is 2.30. The summed E-state index contributed by atoms with van der Waals surface area (Å²) in [4.78, 5) is 54.2. The van der Waals surface area contributed by atoms with Gasteiger partial charge in [-0.1, -0.05) is 6.92 Å². The average molecular weight is 563 g/mol. The first-order valence-corrected chi connectivity index (χ1v) is 14.0. The Morgan fingerprint density at radius 3 is 2.70 bits per heavy atom. The first-order valence-electron chi connectivity index (χ1n) is 13.6. The molecule has 210 valence electrons. The number of piperazine rings is 1. The van der Waals surface area contributed by atoms with Crippen LogP contribution in [-0.2, 0) is 17.8 Å². The third kappa shape index (κ3) is 5.90. The fourth-order valence-corrected chi connectivity index (χ4v) is 5.65. The highest BCUT2D eigenvalue weighted by molar-refractivity contribution is 7.81. The van der Waals surface area contributed by atoms with E-state index in [1.807, 2.05) is 18.0 Å². The third-order valence-corrected chi connectivity index (χ3v) is 8.37. The number of amides is 3. The summed E-state index contributed by atoms with van der Waals surface area (Å²) in [5.74, 6) is 0.797. The number of urea groups is 1. The molecule has 5 rings (SSSR count). The maximum absolute atomic E-state index is 13.4. The molecule has 3 aliphatic rings. The number of hydrogen-bond acceptors (Lipinski definition) is 9. The maximum atomic E-state index is 13.4. The van der Waals surface area contributed by atoms with Crippen LogP contribution in [0.1, 0.15) is 53.4 Å². The number of pyridine rings is 2. The molecule has 2 saturated heterocycles. The zero-order chi connectivity index (χ0) is 28.4. The van der Waals surface area contributed by atoms with Gasteiger partial charge in [0.1, 0.15) is 23.4 Å². The largest absolute Gasteiger partial charge is 0.370 e. The normalized spacial score (nSPS) is 19.1. The first kappa shape index (κ1) is 27.9. The summed E-state index contributed by atoms with van der Waals surface area (Å²) in [6.45, 7) is 6.09. The standard InChI is InChI=1S/C28H34N8O3S/c1-28(40)5-8-34(9-6-28)23-13-24(30-15-21(23)14-29)32-27(39)36-7-3-4-19-12-20(22(18-37)31-26(19)36)16-35-11-10-33(2)17-25(35)38/h12-13,15,18,40H,3-11,16-17H2,1-2H3,(H,30,32,39). The molecule has 0 unspecified atom stereocenters. The molecular formula is C28H34N8O3S. The van der Waals surface area contributed by atoms with Gasteiger partial charge in [-0.2, -0.15) is 17.9 Å². The number of thiol groups is 1. The van der Waals surface area contributed by atoms with E-state index in [1.54, 1.807) is 11.0 Å². The van der Waals surface area contributed by atoms with Crippen LogP contribution in [0.5, 0.6) is 0 Å². The highest BCUT2D eigenvalue weighted by Crippen LogP contribution is 2.33. The molecule has 2 fully saturated rings. The zero-order valence-electron chi connectivity index (χ0n) is 22.9. The Kier molecular flexibility index (Phi) is 7.96. The number of aryl methyl sites for hydroxylation is 1. The highest BCUT2D eigenvalue weighted by atomic mass is 32.1. The number of carbonyl (C=O) groups is 3. The molecule has 0 bridgehead atoms. The van der Waals surface area contributed by atoms with E-state index < -0.39 is 6.03 Å². The molecule has 0 radical (unpaired) electrons. The second kappa shape index (κ2) is 11.4. The van der Waals surface area contributed by atoms with Crippen molar-refractivity contribution < 1.29 is 14.4 Å². The van der Waals surface area contributed by atoms with Crippen molar-refractivity contribution in [3.05, 3.63) is 40.7 Å². The molecule has 1 N–H and O–H groups in total. The summed E-state index contributed by atoms with van der Waals surface area (Å²) >= 11 is 4.71. The number of piperidine rings is 1. The molecule has 0 aromatic carbocycles. The van der Waals surface area contributed by atoms with Gasteiger partial charge < -0.3 is 9.80 Å². The molecule has 5 heterocycles. The fourth-order valence-electron chi connectivity index (χ4n) is 5.45. The van der Waals surface area contributed by atoms with Gasteiger partial charge >= 0.3 is 6.03 Å². The Morgan fingerprint density at radius 2 is 2.00 bits per heavy atom. The van der Waals surface area contributed by atoms with Crippen LogP contribution in [-0.4, -0.2) is 89.1 Å². The number of likely N-dealkylation sites (N-methyl/N-ethyl adjacent to an activating group) is 1. The quantitative estimate of drug-likeness (QED) is 0.421. The van der Waals surface area contributed by atoms with Gasteiger partial charge in [-0.05, 0) is 44.4 Å². The number of aldehydes is 1. The monoisotopic (exact) mass is 562 g/mol. The van der Waals surface area contributed by atoms with E-state index in [-0.39, 0.29) is 16.3 Å². The smallest absolute Gasteiger partial charge is 0.328 e. The summed E-state index contributed by atoms with van der Waals surface area (Å²) in [6, 6.07) is 5.44. The SMILES string of the molecule is CN1CCN(Cc2cc3c(nc2C=O)N(C(=O)Nc2cc(N4CCC(C)(S)CC4)c(C#N)cn2)CCC3)C(=O)C1. The van der Waals surface area contributed by atoms with Crippen molar-refractivity contribution >= 4 is 48.2 Å². The number of nitrogens with zero attached hydrogens (tertiary/aromatic N) is 7. The second-order valence-electron chi connectivity index (χ2n) is 11.1. The van der Waals surface area contributed by atoms with Gasteiger partial charge in [0.15, 0.2) is 6.29 Å². The topological polar surface area (TPSA) is 126 Å². The molecule has 40 heavy (non-hydrogen) atoms. The second-order valence-corrected chi connectivity index (χ2v) is 12.1. The minimum Gasteiger partial charge on any atom is -0.370 e. The Hall–Kier alpha value is -3.69. The van der Waals surface area contributed by atoms with E-state index >= 15 is 0 Å². The predicted molar refractivity (Wildman–Crippen MR) is 155 cm³/mol. The fraction of sp³-hybridized carbons (Fsp3) is 0.500. The van der Waals surface area contributed by atoms with Crippen LogP contribution >= 0.6 is 12.6 Å². The van der Waals surface area contributed by atoms with Crippen LogP contribution in [0.4, 0.5) is 22.1 Å². The van der Waals surface area contributed by atoms with Gasteiger partial charge in [-0.3, -0.25) is 24.7 Å². The number of anilines is 3. The van der Waals surface area contributed by atoms with Crippen LogP contribution in [0.15, 0.2) is 18.3 Å². The number of rotatable bonds is 5. The predicted octanol–water partition coefficient (Wildman–Crippen LogP) is 2.71. The van der Waals surface area contributed by atoms with Crippen molar-refractivity contribution in [2.24, 2.45) is 0 Å². The molecule has 3 amide bonds. The summed E-state index contributed by atoms with van der Waals surface area (Å²) in [5.41, 5.74) is 2.96. The van der Waals surface area contributed by atoms with Gasteiger partial charge in [0.2, 0.25) is 5.91 Å². The Balaban J connectivity index is 1.35. The lowest BCUT2D eigenvalue weighted by Crippen LogP contribution is -2.48. The summed E-state index contributed by atoms with van der Waals surface area (Å²) in [5, 5.41) is 12.5. The van der Waals surface area contributed by atoms with Crippen molar-refractivity contribution in [3.8, 4) is 6.07 Å². The van der Waals surface area contributed by atoms with E-state index in [4.69, 9.17) is 12.6 Å². The molecular weight excluding hydrogens is 528 g/mol. The van der Waals surface area contributed by atoms with E-state index in [0.717, 1.165) is 50.1 Å². The molecule has 2 aromatic rings. The molecule has 0 spiro atoms. The number of nitrogens with one attached hydrogen (secondary N) is 1. The van der Waals surface area contributed by atoms with Gasteiger partial charge in [-0.15, -0.1) is 0 Å². The average Bonchev–Trinajstić information content (AvgIpc) is 2.93. The summed E-state index contributed by atoms with van der Waals surface area (Å²) in [6.07, 6.45) is 5.38. The Morgan fingerprint density at radius 1 is 1.23 bits per heavy atom. The van der Waals surface area contributed by atoms with E-state index in [9.17, 15) is 19.6 Å². The zero-order valence-corrected chi connectivity index (χ0v) is 23.8. The van der Waals surface area contributed by atoms with Gasteiger partial charge in [0.25, 0.3) is 0 Å². The number of aromatic nitrogens is 2. The third-order valence-electron chi connectivity index (χ3n) is 7.92. The Labute approximate surface area is 239 Å². The summed E-state index contributed by atoms with van der Waals surface area (Å²) < 4.78 is -0.0394. The van der Waals surface area contributed by atoms with Crippen LogP contribution in [0, 0.1) is 11.3 Å². The molecule has 11 nitrogen and oxygen atoms in total. The number of hydrogen-bond donors (Lipinski definition) is 2. The van der Waals surface area contributed by atoms with E-state index in [2.05, 4.69) is 33.2 Å². The Bertz CT molecular complexity index is 1360. The van der Waals surface area contributed by atoms with Gasteiger partial charge in [-0.25, -0.2) is 14.8 Å². The van der Waals surface area contributed by atoms with Crippen LogP contribution in [0.3, 0.4) is 0 Å². The molecule has 0 saturated carbocycles. The van der Waals surface area contributed by atoms with Crippen molar-refractivity contribution in [2.75, 3.05) is 61.4 Å². The lowest BCUT2D eigenvalue weighted by Gasteiger charge is -2.37. The molecule has 12 heteroatoms. The molecule has 0 aliphatic carbocycles. The maximum Gasteiger partial charge on any atom is 0.328 e. The lowest BCUT2D eigenvalue weighted by molar-refractivity contribution is -0.136. The summed E-state index contributed by atoms with van der Waals surface area (Å²) in [7, 11) is 1.91. The van der Waals surface area contributed by atoms with Crippen LogP contribution in [0.25, 0.3) is 0 Å². The van der Waals surface area contributed by atoms with Gasteiger partial charge in [0, 0.05) is 61.8 Å². The number of nitriles is 1. The van der Waals surface area contributed by atoms with Crippen molar-refractivity contribution in [1.82, 2.24) is 19.8 Å². The van der Waals surface area contributed by atoms with Crippen molar-refractivity contribution in [2.45, 2.75) is 43.9 Å². The van der Waals surface area contributed by atoms with Gasteiger partial charge in [0.05, 0.1) is 17.8 Å². The number of fused-ring (bicyclic) bond motifs is 1. The van der Waals surface area contributed by atoms with Crippen molar-refractivity contribution in [1.29, 1.82) is 5.26 Å². The minimum absolute atomic E-state index is 0.0165. The molecule has 2 aromatic heterocycles. The molecule has 3 aliphatic heterocycles. The first-order chi connectivity index (χ1) is 19.2. The minimum atomic E-state index is -0.406. The van der Waals surface area contributed by atoms with Crippen LogP contribution in [0.2, 0.25) is 0 Å². The lowest BCUT2D eigenvalue weighted by atomic mass is 9.97. The van der Waals surface area contributed by atoms with E-state index in [1.165, 1.54) is 11.1 Å². The van der Waals surface area contributed by atoms with Crippen LogP contribution < -0.4 is 15.1 Å².